The van der Waals surface area contributed by atoms with Gasteiger partial charge in [0.25, 0.3) is 0 Å². The zero-order valence-electron chi connectivity index (χ0n) is 9.68. The van der Waals surface area contributed by atoms with Crippen LogP contribution in [0.2, 0.25) is 0 Å². The molecule has 0 saturated heterocycles. The van der Waals surface area contributed by atoms with Gasteiger partial charge in [0, 0.05) is 6.54 Å². The molecule has 0 spiro atoms. The van der Waals surface area contributed by atoms with E-state index in [0.29, 0.717) is 13.0 Å². The molecular formula is C12H16N2O2S. The van der Waals surface area contributed by atoms with E-state index in [1.807, 2.05) is 6.92 Å². The van der Waals surface area contributed by atoms with Crippen LogP contribution in [0.15, 0.2) is 29.2 Å². The third-order valence-corrected chi connectivity index (χ3v) is 3.86. The van der Waals surface area contributed by atoms with E-state index in [-0.39, 0.29) is 4.90 Å². The molecule has 0 radical (unpaired) electrons. The number of rotatable bonds is 5. The van der Waals surface area contributed by atoms with E-state index in [1.54, 1.807) is 12.1 Å². The lowest BCUT2D eigenvalue weighted by Gasteiger charge is -2.11. The maximum atomic E-state index is 11.9. The van der Waals surface area contributed by atoms with Crippen LogP contribution in [0.4, 0.5) is 0 Å². The minimum atomic E-state index is -3.54. The molecule has 0 aromatic heterocycles. The third-order valence-electron chi connectivity index (χ3n) is 2.38. The molecule has 5 heteroatoms. The first-order valence-electron chi connectivity index (χ1n) is 5.31. The van der Waals surface area contributed by atoms with Crippen LogP contribution in [0.25, 0.3) is 0 Å². The molecule has 0 aliphatic heterocycles. The van der Waals surface area contributed by atoms with Gasteiger partial charge in [-0.05, 0) is 24.1 Å². The van der Waals surface area contributed by atoms with E-state index in [1.165, 1.54) is 12.1 Å². The molecule has 17 heavy (non-hydrogen) atoms. The van der Waals surface area contributed by atoms with Crippen molar-refractivity contribution in [3.63, 3.8) is 0 Å². The molecule has 0 saturated carbocycles. The summed E-state index contributed by atoms with van der Waals surface area (Å²) in [5.41, 5.74) is 6.32. The number of sulfonamides is 1. The Hall–Kier alpha value is -1.35. The molecule has 3 N–H and O–H groups in total. The summed E-state index contributed by atoms with van der Waals surface area (Å²) < 4.78 is 26.3. The molecule has 0 amide bonds. The Morgan fingerprint density at radius 1 is 1.41 bits per heavy atom. The summed E-state index contributed by atoms with van der Waals surface area (Å²) in [7, 11) is -3.54. The van der Waals surface area contributed by atoms with Crippen molar-refractivity contribution in [1.82, 2.24) is 4.72 Å². The van der Waals surface area contributed by atoms with Crippen molar-refractivity contribution in [3.05, 3.63) is 29.8 Å². The highest BCUT2D eigenvalue weighted by molar-refractivity contribution is 7.89. The monoisotopic (exact) mass is 252 g/mol. The second kappa shape index (κ2) is 5.82. The summed E-state index contributed by atoms with van der Waals surface area (Å²) in [5, 5.41) is 0. The Labute approximate surface area is 102 Å². The van der Waals surface area contributed by atoms with Crippen LogP contribution in [0.3, 0.4) is 0 Å². The van der Waals surface area contributed by atoms with E-state index in [2.05, 4.69) is 10.6 Å². The Morgan fingerprint density at radius 3 is 2.41 bits per heavy atom. The third kappa shape index (κ3) is 3.56. The first kappa shape index (κ1) is 13.7. The van der Waals surface area contributed by atoms with Gasteiger partial charge in [-0.15, -0.1) is 6.42 Å². The minimum absolute atomic E-state index is 0.198. The number of nitrogens with one attached hydrogen (secondary N) is 1. The average Bonchev–Trinajstić information content (AvgIpc) is 2.36. The van der Waals surface area contributed by atoms with E-state index < -0.39 is 16.1 Å². The molecule has 92 valence electrons. The van der Waals surface area contributed by atoms with Crippen molar-refractivity contribution < 1.29 is 8.42 Å². The molecule has 0 heterocycles. The number of benzene rings is 1. The molecule has 0 aliphatic rings. The SMILES string of the molecule is C#CC(CC)NS(=O)(=O)c1ccc(CN)cc1. The lowest BCUT2D eigenvalue weighted by molar-refractivity contribution is 0.570. The van der Waals surface area contributed by atoms with Gasteiger partial charge in [0.1, 0.15) is 0 Å². The van der Waals surface area contributed by atoms with E-state index in [9.17, 15) is 8.42 Å². The highest BCUT2D eigenvalue weighted by atomic mass is 32.2. The van der Waals surface area contributed by atoms with Gasteiger partial charge in [0.05, 0.1) is 10.9 Å². The fourth-order valence-electron chi connectivity index (χ4n) is 1.30. The van der Waals surface area contributed by atoms with Crippen LogP contribution >= 0.6 is 0 Å². The maximum absolute atomic E-state index is 11.9. The molecule has 1 unspecified atom stereocenters. The van der Waals surface area contributed by atoms with Crippen LogP contribution < -0.4 is 10.5 Å². The summed E-state index contributed by atoms with van der Waals surface area (Å²) in [4.78, 5) is 0.198. The highest BCUT2D eigenvalue weighted by Gasteiger charge is 2.17. The molecule has 1 aromatic carbocycles. The molecule has 1 aromatic rings. The summed E-state index contributed by atoms with van der Waals surface area (Å²) >= 11 is 0. The van der Waals surface area contributed by atoms with Crippen molar-refractivity contribution in [3.8, 4) is 12.3 Å². The second-order valence-electron chi connectivity index (χ2n) is 3.60. The van der Waals surface area contributed by atoms with Crippen molar-refractivity contribution in [2.24, 2.45) is 5.73 Å². The first-order chi connectivity index (χ1) is 8.03. The second-order valence-corrected chi connectivity index (χ2v) is 5.31. The normalized spacial score (nSPS) is 13.0. The van der Waals surface area contributed by atoms with E-state index in [4.69, 9.17) is 12.2 Å². The summed E-state index contributed by atoms with van der Waals surface area (Å²) in [6.45, 7) is 2.21. The molecule has 1 atom stereocenters. The quantitative estimate of drug-likeness (QED) is 0.763. The van der Waals surface area contributed by atoms with Crippen LogP contribution in [0.1, 0.15) is 18.9 Å². The zero-order valence-corrected chi connectivity index (χ0v) is 10.5. The fraction of sp³-hybridized carbons (Fsp3) is 0.333. The molecule has 0 aliphatic carbocycles. The molecular weight excluding hydrogens is 236 g/mol. The number of terminal acetylenes is 1. The minimum Gasteiger partial charge on any atom is -0.326 e. The Balaban J connectivity index is 2.93. The Kier molecular flexibility index (Phi) is 4.70. The van der Waals surface area contributed by atoms with Crippen LogP contribution in [-0.4, -0.2) is 14.5 Å². The molecule has 1 rings (SSSR count). The molecule has 4 nitrogen and oxygen atoms in total. The lowest BCUT2D eigenvalue weighted by Crippen LogP contribution is -2.33. The Morgan fingerprint density at radius 2 is 2.00 bits per heavy atom. The number of hydrogen-bond acceptors (Lipinski definition) is 3. The predicted octanol–water partition coefficient (Wildman–Crippen LogP) is 0.835. The topological polar surface area (TPSA) is 72.2 Å². The standard InChI is InChI=1S/C12H16N2O2S/c1-3-11(4-2)14-17(15,16)12-7-5-10(9-13)6-8-12/h1,5-8,11,14H,4,9,13H2,2H3. The van der Waals surface area contributed by atoms with Gasteiger partial charge in [0.2, 0.25) is 10.0 Å². The van der Waals surface area contributed by atoms with Gasteiger partial charge in [0.15, 0.2) is 0 Å². The van der Waals surface area contributed by atoms with Gasteiger partial charge in [-0.25, -0.2) is 8.42 Å². The lowest BCUT2D eigenvalue weighted by atomic mass is 10.2. The zero-order chi connectivity index (χ0) is 12.9. The maximum Gasteiger partial charge on any atom is 0.241 e. The van der Waals surface area contributed by atoms with Crippen molar-refractivity contribution in [2.45, 2.75) is 30.8 Å². The molecule has 0 fully saturated rings. The Bertz CT molecular complexity index is 500. The van der Waals surface area contributed by atoms with Gasteiger partial charge in [-0.3, -0.25) is 0 Å². The van der Waals surface area contributed by atoms with Gasteiger partial charge >= 0.3 is 0 Å². The van der Waals surface area contributed by atoms with Crippen molar-refractivity contribution in [1.29, 1.82) is 0 Å². The summed E-state index contributed by atoms with van der Waals surface area (Å²) in [6, 6.07) is 5.94. The molecule has 0 bridgehead atoms. The van der Waals surface area contributed by atoms with E-state index in [0.717, 1.165) is 5.56 Å². The van der Waals surface area contributed by atoms with Gasteiger partial charge in [-0.1, -0.05) is 25.0 Å². The predicted molar refractivity (Wildman–Crippen MR) is 67.6 cm³/mol. The van der Waals surface area contributed by atoms with Crippen LogP contribution in [-0.2, 0) is 16.6 Å². The summed E-state index contributed by atoms with van der Waals surface area (Å²) in [6.07, 6.45) is 5.77. The number of nitrogens with two attached hydrogens (primary N) is 1. The first-order valence-corrected chi connectivity index (χ1v) is 6.79. The number of hydrogen-bond donors (Lipinski definition) is 2. The largest absolute Gasteiger partial charge is 0.326 e. The van der Waals surface area contributed by atoms with E-state index >= 15 is 0 Å². The highest BCUT2D eigenvalue weighted by Crippen LogP contribution is 2.11. The van der Waals surface area contributed by atoms with Crippen LogP contribution in [0.5, 0.6) is 0 Å². The smallest absolute Gasteiger partial charge is 0.241 e. The van der Waals surface area contributed by atoms with Crippen molar-refractivity contribution >= 4 is 10.0 Å². The van der Waals surface area contributed by atoms with Gasteiger partial charge in [-0.2, -0.15) is 4.72 Å². The van der Waals surface area contributed by atoms with Crippen molar-refractivity contribution in [2.75, 3.05) is 0 Å². The summed E-state index contributed by atoms with van der Waals surface area (Å²) in [5.74, 6) is 2.39. The van der Waals surface area contributed by atoms with Gasteiger partial charge < -0.3 is 5.73 Å². The van der Waals surface area contributed by atoms with Crippen LogP contribution in [0, 0.1) is 12.3 Å². The fourth-order valence-corrected chi connectivity index (χ4v) is 2.53. The average molecular weight is 252 g/mol.